The van der Waals surface area contributed by atoms with Gasteiger partial charge in [-0.25, -0.2) is 0 Å². The Kier molecular flexibility index (Phi) is 4.16. The van der Waals surface area contributed by atoms with Crippen LogP contribution in [0.3, 0.4) is 0 Å². The zero-order valence-corrected chi connectivity index (χ0v) is 14.1. The second-order valence-electron chi connectivity index (χ2n) is 6.09. The molecule has 0 unspecified atom stereocenters. The summed E-state index contributed by atoms with van der Waals surface area (Å²) in [4.78, 5) is 16.9. The molecule has 3 heterocycles. The monoisotopic (exact) mass is 346 g/mol. The van der Waals surface area contributed by atoms with E-state index in [1.165, 1.54) is 0 Å². The van der Waals surface area contributed by atoms with Crippen molar-refractivity contribution in [1.29, 1.82) is 0 Å². The third-order valence-corrected chi connectivity index (χ3v) is 4.87. The Balaban J connectivity index is 1.44. The number of ether oxygens (including phenoxy) is 1. The van der Waals surface area contributed by atoms with Crippen molar-refractivity contribution in [2.75, 3.05) is 37.7 Å². The first-order chi connectivity index (χ1) is 11.7. The van der Waals surface area contributed by atoms with Crippen LogP contribution >= 0.6 is 11.6 Å². The van der Waals surface area contributed by atoms with Crippen LogP contribution in [0.1, 0.15) is 21.7 Å². The number of carbonyl (C=O) groups is 1. The number of rotatable bonds is 2. The Bertz CT molecular complexity index is 753. The van der Waals surface area contributed by atoms with Gasteiger partial charge >= 0.3 is 0 Å². The van der Waals surface area contributed by atoms with Crippen LogP contribution in [0.4, 0.5) is 5.69 Å². The molecule has 2 aromatic rings. The van der Waals surface area contributed by atoms with Crippen LogP contribution in [-0.2, 0) is 17.8 Å². The molecule has 1 aromatic heterocycles. The first-order valence-corrected chi connectivity index (χ1v) is 8.54. The van der Waals surface area contributed by atoms with E-state index >= 15 is 0 Å². The van der Waals surface area contributed by atoms with Crippen LogP contribution in [0.5, 0.6) is 0 Å². The summed E-state index contributed by atoms with van der Waals surface area (Å²) in [5.74, 6) is -0.0104. The van der Waals surface area contributed by atoms with Crippen molar-refractivity contribution in [3.63, 3.8) is 0 Å². The van der Waals surface area contributed by atoms with E-state index in [2.05, 4.69) is 15.1 Å². The Labute approximate surface area is 145 Å². The number of hydrogen-bond donors (Lipinski definition) is 1. The number of aromatic amines is 1. The molecule has 0 aliphatic carbocycles. The minimum atomic E-state index is -0.0104. The highest BCUT2D eigenvalue weighted by Crippen LogP contribution is 2.23. The van der Waals surface area contributed by atoms with Gasteiger partial charge in [0, 0.05) is 54.6 Å². The normalized spacial score (nSPS) is 17.7. The Hall–Kier alpha value is -2.05. The van der Waals surface area contributed by atoms with E-state index < -0.39 is 0 Å². The molecule has 0 spiro atoms. The maximum atomic E-state index is 12.8. The van der Waals surface area contributed by atoms with Gasteiger partial charge in [-0.2, -0.15) is 5.10 Å². The molecule has 1 amide bonds. The third-order valence-electron chi connectivity index (χ3n) is 4.64. The Morgan fingerprint density at radius 3 is 2.88 bits per heavy atom. The van der Waals surface area contributed by atoms with Crippen molar-refractivity contribution in [2.24, 2.45) is 0 Å². The molecular weight excluding hydrogens is 328 g/mol. The van der Waals surface area contributed by atoms with Gasteiger partial charge in [0.15, 0.2) is 5.69 Å². The summed E-state index contributed by atoms with van der Waals surface area (Å²) in [6.07, 6.45) is 0.790. The number of nitrogens with one attached hydrogen (secondary N) is 1. The number of halogens is 1. The predicted molar refractivity (Wildman–Crippen MR) is 91.5 cm³/mol. The molecule has 0 radical (unpaired) electrons. The molecule has 1 saturated heterocycles. The van der Waals surface area contributed by atoms with E-state index in [1.807, 2.05) is 29.2 Å². The largest absolute Gasteiger partial charge is 0.376 e. The molecule has 2 aliphatic heterocycles. The smallest absolute Gasteiger partial charge is 0.274 e. The van der Waals surface area contributed by atoms with Crippen molar-refractivity contribution in [1.82, 2.24) is 15.1 Å². The number of nitrogens with zero attached hydrogens (tertiary/aromatic N) is 3. The van der Waals surface area contributed by atoms with Gasteiger partial charge in [-0.15, -0.1) is 0 Å². The number of anilines is 1. The van der Waals surface area contributed by atoms with Gasteiger partial charge < -0.3 is 14.5 Å². The SMILES string of the molecule is O=C(c1n[nH]c2c1COCC2)N1CCN(c2cccc(Cl)c2)CC1. The molecule has 24 heavy (non-hydrogen) atoms. The molecule has 0 saturated carbocycles. The molecule has 126 valence electrons. The molecule has 1 aromatic carbocycles. The summed E-state index contributed by atoms with van der Waals surface area (Å²) < 4.78 is 5.47. The number of fused-ring (bicyclic) bond motifs is 1. The minimum absolute atomic E-state index is 0.0104. The quantitative estimate of drug-likeness (QED) is 0.904. The lowest BCUT2D eigenvalue weighted by Crippen LogP contribution is -2.49. The summed E-state index contributed by atoms with van der Waals surface area (Å²) in [5.41, 5.74) is 3.56. The third kappa shape index (κ3) is 2.87. The molecule has 0 atom stereocenters. The summed E-state index contributed by atoms with van der Waals surface area (Å²) in [5, 5.41) is 7.95. The van der Waals surface area contributed by atoms with Crippen LogP contribution in [0.2, 0.25) is 5.02 Å². The van der Waals surface area contributed by atoms with Crippen LogP contribution in [-0.4, -0.2) is 53.8 Å². The Morgan fingerprint density at radius 2 is 2.08 bits per heavy atom. The fourth-order valence-electron chi connectivity index (χ4n) is 3.28. The van der Waals surface area contributed by atoms with Crippen LogP contribution in [0.15, 0.2) is 24.3 Å². The van der Waals surface area contributed by atoms with Gasteiger partial charge in [-0.05, 0) is 18.2 Å². The number of amides is 1. The number of piperazine rings is 1. The first kappa shape index (κ1) is 15.5. The van der Waals surface area contributed by atoms with Gasteiger partial charge in [-0.3, -0.25) is 9.89 Å². The fourth-order valence-corrected chi connectivity index (χ4v) is 3.46. The number of carbonyl (C=O) groups excluding carboxylic acids is 1. The van der Waals surface area contributed by atoms with Gasteiger partial charge in [0.1, 0.15) is 0 Å². The summed E-state index contributed by atoms with van der Waals surface area (Å²) in [6, 6.07) is 7.82. The molecule has 0 bridgehead atoms. The number of benzene rings is 1. The second-order valence-corrected chi connectivity index (χ2v) is 6.53. The highest BCUT2D eigenvalue weighted by atomic mass is 35.5. The first-order valence-electron chi connectivity index (χ1n) is 8.16. The average molecular weight is 347 g/mol. The number of aromatic nitrogens is 2. The highest BCUT2D eigenvalue weighted by molar-refractivity contribution is 6.30. The number of H-pyrrole nitrogens is 1. The molecule has 1 fully saturated rings. The molecular formula is C17H19ClN4O2. The fraction of sp³-hybridized carbons (Fsp3) is 0.412. The number of hydrogen-bond acceptors (Lipinski definition) is 4. The van der Waals surface area contributed by atoms with E-state index in [1.54, 1.807) is 0 Å². The highest BCUT2D eigenvalue weighted by Gasteiger charge is 2.28. The van der Waals surface area contributed by atoms with Gasteiger partial charge in [0.2, 0.25) is 0 Å². The standard InChI is InChI=1S/C17H19ClN4O2/c18-12-2-1-3-13(10-12)21-5-7-22(8-6-21)17(23)16-14-11-24-9-4-15(14)19-20-16/h1-3,10H,4-9,11H2,(H,19,20). The van der Waals surface area contributed by atoms with Crippen molar-refractivity contribution in [3.8, 4) is 0 Å². The van der Waals surface area contributed by atoms with E-state index in [0.29, 0.717) is 32.0 Å². The second kappa shape index (κ2) is 6.45. The zero-order chi connectivity index (χ0) is 16.5. The minimum Gasteiger partial charge on any atom is -0.376 e. The molecule has 7 heteroatoms. The topological polar surface area (TPSA) is 61.5 Å². The van der Waals surface area contributed by atoms with E-state index in [9.17, 15) is 4.79 Å². The van der Waals surface area contributed by atoms with Crippen molar-refractivity contribution in [2.45, 2.75) is 13.0 Å². The molecule has 2 aliphatic rings. The van der Waals surface area contributed by atoms with Crippen LogP contribution in [0.25, 0.3) is 0 Å². The van der Waals surface area contributed by atoms with Crippen molar-refractivity contribution >= 4 is 23.2 Å². The van der Waals surface area contributed by atoms with Crippen molar-refractivity contribution in [3.05, 3.63) is 46.2 Å². The maximum absolute atomic E-state index is 12.8. The predicted octanol–water partition coefficient (Wildman–Crippen LogP) is 2.10. The molecule has 6 nitrogen and oxygen atoms in total. The molecule has 1 N–H and O–H groups in total. The van der Waals surface area contributed by atoms with Gasteiger partial charge in [-0.1, -0.05) is 17.7 Å². The van der Waals surface area contributed by atoms with Gasteiger partial charge in [0.25, 0.3) is 5.91 Å². The van der Waals surface area contributed by atoms with Crippen molar-refractivity contribution < 1.29 is 9.53 Å². The zero-order valence-electron chi connectivity index (χ0n) is 13.3. The Morgan fingerprint density at radius 1 is 1.25 bits per heavy atom. The van der Waals surface area contributed by atoms with E-state index in [-0.39, 0.29) is 5.91 Å². The molecule has 4 rings (SSSR count). The lowest BCUT2D eigenvalue weighted by atomic mass is 10.1. The lowest BCUT2D eigenvalue weighted by Gasteiger charge is -2.36. The van der Waals surface area contributed by atoms with E-state index in [0.717, 1.165) is 41.5 Å². The van der Waals surface area contributed by atoms with Crippen LogP contribution < -0.4 is 4.90 Å². The summed E-state index contributed by atoms with van der Waals surface area (Å²) in [7, 11) is 0. The summed E-state index contributed by atoms with van der Waals surface area (Å²) in [6.45, 7) is 4.07. The maximum Gasteiger partial charge on any atom is 0.274 e. The van der Waals surface area contributed by atoms with E-state index in [4.69, 9.17) is 16.3 Å². The summed E-state index contributed by atoms with van der Waals surface area (Å²) >= 11 is 6.06. The van der Waals surface area contributed by atoms with Crippen LogP contribution in [0, 0.1) is 0 Å². The average Bonchev–Trinajstić information content (AvgIpc) is 3.05. The lowest BCUT2D eigenvalue weighted by molar-refractivity contribution is 0.0727. The van der Waals surface area contributed by atoms with Gasteiger partial charge in [0.05, 0.1) is 13.2 Å².